The molecule has 11 heavy (non-hydrogen) atoms. The molecule has 0 spiro atoms. The molecule has 0 saturated heterocycles. The summed E-state index contributed by atoms with van der Waals surface area (Å²) >= 11 is 0. The molecule has 0 aromatic heterocycles. The van der Waals surface area contributed by atoms with Gasteiger partial charge in [-0.05, 0) is 6.07 Å². The average Bonchev–Trinajstić information content (AvgIpc) is 2.34. The van der Waals surface area contributed by atoms with Crippen molar-refractivity contribution in [2.45, 2.75) is 6.42 Å². The number of ether oxygens (including phenoxy) is 1. The van der Waals surface area contributed by atoms with Crippen LogP contribution in [0.15, 0.2) is 12.1 Å². The zero-order valence-corrected chi connectivity index (χ0v) is 5.73. The topological polar surface area (TPSA) is 9.23 Å². The minimum Gasteiger partial charge on any atom is -0.490 e. The van der Waals surface area contributed by atoms with E-state index >= 15 is 0 Å². The van der Waals surface area contributed by atoms with Gasteiger partial charge in [-0.2, -0.15) is 0 Å². The molecule has 1 aliphatic heterocycles. The number of rotatable bonds is 0. The van der Waals surface area contributed by atoms with Gasteiger partial charge in [0.2, 0.25) is 0 Å². The fourth-order valence-electron chi connectivity index (χ4n) is 1.22. The number of halogens is 2. The van der Waals surface area contributed by atoms with Gasteiger partial charge in [0.25, 0.3) is 0 Å². The average molecular weight is 156 g/mol. The minimum atomic E-state index is -0.600. The summed E-state index contributed by atoms with van der Waals surface area (Å²) in [6.45, 7) is 0.454. The summed E-state index contributed by atoms with van der Waals surface area (Å²) in [6, 6.07) is 2.15. The van der Waals surface area contributed by atoms with Gasteiger partial charge in [-0.25, -0.2) is 8.78 Å². The van der Waals surface area contributed by atoms with Crippen LogP contribution in [0.4, 0.5) is 8.78 Å². The van der Waals surface area contributed by atoms with E-state index in [1.165, 1.54) is 6.07 Å². The van der Waals surface area contributed by atoms with E-state index in [4.69, 9.17) is 4.74 Å². The van der Waals surface area contributed by atoms with E-state index < -0.39 is 11.6 Å². The summed E-state index contributed by atoms with van der Waals surface area (Å²) < 4.78 is 30.3. The highest BCUT2D eigenvalue weighted by atomic mass is 19.1. The Morgan fingerprint density at radius 3 is 2.91 bits per heavy atom. The summed E-state index contributed by atoms with van der Waals surface area (Å²) in [5.41, 5.74) is 0.627. The fourth-order valence-corrected chi connectivity index (χ4v) is 1.22. The first-order chi connectivity index (χ1) is 5.27. The van der Waals surface area contributed by atoms with Crippen molar-refractivity contribution in [2.75, 3.05) is 6.61 Å². The Morgan fingerprint density at radius 2 is 2.09 bits per heavy atom. The van der Waals surface area contributed by atoms with Crippen molar-refractivity contribution in [3.8, 4) is 5.75 Å². The molecule has 2 rings (SSSR count). The van der Waals surface area contributed by atoms with E-state index in [2.05, 4.69) is 0 Å². The van der Waals surface area contributed by atoms with Crippen molar-refractivity contribution in [1.29, 1.82) is 0 Å². The largest absolute Gasteiger partial charge is 0.490 e. The molecular weight excluding hydrogens is 150 g/mol. The van der Waals surface area contributed by atoms with Crippen molar-refractivity contribution in [2.24, 2.45) is 0 Å². The molecule has 1 aromatic carbocycles. The monoisotopic (exact) mass is 156 g/mol. The van der Waals surface area contributed by atoms with Crippen LogP contribution in [-0.4, -0.2) is 6.61 Å². The van der Waals surface area contributed by atoms with Crippen LogP contribution in [-0.2, 0) is 6.42 Å². The third-order valence-corrected chi connectivity index (χ3v) is 1.70. The number of hydrogen-bond donors (Lipinski definition) is 0. The molecule has 1 aliphatic rings. The summed E-state index contributed by atoms with van der Waals surface area (Å²) in [5.74, 6) is -0.921. The molecule has 0 atom stereocenters. The molecule has 0 radical (unpaired) electrons. The van der Waals surface area contributed by atoms with Crippen molar-refractivity contribution in [3.05, 3.63) is 29.3 Å². The van der Waals surface area contributed by atoms with Crippen molar-refractivity contribution in [3.63, 3.8) is 0 Å². The van der Waals surface area contributed by atoms with Crippen LogP contribution < -0.4 is 4.74 Å². The highest BCUT2D eigenvalue weighted by Crippen LogP contribution is 2.28. The SMILES string of the molecule is Fc1cc(F)c2c(c1)CCO2. The highest BCUT2D eigenvalue weighted by molar-refractivity contribution is 5.38. The maximum atomic E-state index is 12.8. The number of hydrogen-bond acceptors (Lipinski definition) is 1. The first kappa shape index (κ1) is 6.58. The first-order valence-corrected chi connectivity index (χ1v) is 3.38. The van der Waals surface area contributed by atoms with Crippen LogP contribution >= 0.6 is 0 Å². The van der Waals surface area contributed by atoms with Crippen LogP contribution in [0.1, 0.15) is 5.56 Å². The zero-order valence-electron chi connectivity index (χ0n) is 5.73. The van der Waals surface area contributed by atoms with E-state index in [-0.39, 0.29) is 5.75 Å². The highest BCUT2D eigenvalue weighted by Gasteiger charge is 2.17. The predicted octanol–water partition coefficient (Wildman–Crippen LogP) is 1.90. The van der Waals surface area contributed by atoms with Gasteiger partial charge in [-0.3, -0.25) is 0 Å². The molecule has 0 amide bonds. The third kappa shape index (κ3) is 0.964. The van der Waals surface area contributed by atoms with Crippen molar-refractivity contribution in [1.82, 2.24) is 0 Å². The third-order valence-electron chi connectivity index (χ3n) is 1.70. The minimum absolute atomic E-state index is 0.214. The standard InChI is InChI=1S/C8H6F2O/c9-6-3-5-1-2-11-8(5)7(10)4-6/h3-4H,1-2H2. The van der Waals surface area contributed by atoms with Crippen molar-refractivity contribution >= 4 is 0 Å². The van der Waals surface area contributed by atoms with Crippen LogP contribution in [0.3, 0.4) is 0 Å². The van der Waals surface area contributed by atoms with Gasteiger partial charge in [-0.1, -0.05) is 0 Å². The summed E-state index contributed by atoms with van der Waals surface area (Å²) in [7, 11) is 0. The Hall–Kier alpha value is -1.12. The second-order valence-corrected chi connectivity index (χ2v) is 2.47. The van der Waals surface area contributed by atoms with Crippen LogP contribution in [0.25, 0.3) is 0 Å². The van der Waals surface area contributed by atoms with Crippen LogP contribution in [0, 0.1) is 11.6 Å². The Morgan fingerprint density at radius 1 is 1.27 bits per heavy atom. The van der Waals surface area contributed by atoms with Gasteiger partial charge in [0.15, 0.2) is 11.6 Å². The molecule has 1 heterocycles. The summed E-state index contributed by atoms with van der Waals surface area (Å²) in [5, 5.41) is 0. The molecule has 58 valence electrons. The van der Waals surface area contributed by atoms with Gasteiger partial charge in [0.05, 0.1) is 6.61 Å². The van der Waals surface area contributed by atoms with Crippen LogP contribution in [0.2, 0.25) is 0 Å². The molecular formula is C8H6F2O. The van der Waals surface area contributed by atoms with E-state index in [0.717, 1.165) is 6.07 Å². The summed E-state index contributed by atoms with van der Waals surface area (Å²) in [6.07, 6.45) is 0.601. The Bertz CT molecular complexity index is 296. The lowest BCUT2D eigenvalue weighted by Crippen LogP contribution is -1.88. The first-order valence-electron chi connectivity index (χ1n) is 3.38. The molecule has 1 aromatic rings. The van der Waals surface area contributed by atoms with Crippen LogP contribution in [0.5, 0.6) is 5.75 Å². The Kier molecular flexibility index (Phi) is 1.31. The van der Waals surface area contributed by atoms with Gasteiger partial charge in [-0.15, -0.1) is 0 Å². The predicted molar refractivity (Wildman–Crippen MR) is 35.6 cm³/mol. The smallest absolute Gasteiger partial charge is 0.168 e. The van der Waals surface area contributed by atoms with E-state index in [9.17, 15) is 8.78 Å². The lowest BCUT2D eigenvalue weighted by molar-refractivity contribution is 0.338. The molecule has 3 heteroatoms. The molecule has 0 aliphatic carbocycles. The van der Waals surface area contributed by atoms with E-state index in [1.54, 1.807) is 0 Å². The lowest BCUT2D eigenvalue weighted by atomic mass is 10.1. The zero-order chi connectivity index (χ0) is 7.84. The van der Waals surface area contributed by atoms with E-state index in [1.807, 2.05) is 0 Å². The normalized spacial score (nSPS) is 14.4. The van der Waals surface area contributed by atoms with Gasteiger partial charge in [0.1, 0.15) is 5.82 Å². The number of benzene rings is 1. The summed E-state index contributed by atoms with van der Waals surface area (Å²) in [4.78, 5) is 0. The van der Waals surface area contributed by atoms with E-state index in [0.29, 0.717) is 18.6 Å². The second-order valence-electron chi connectivity index (χ2n) is 2.47. The van der Waals surface area contributed by atoms with Gasteiger partial charge < -0.3 is 4.74 Å². The second kappa shape index (κ2) is 2.19. The van der Waals surface area contributed by atoms with Gasteiger partial charge >= 0.3 is 0 Å². The molecule has 0 fully saturated rings. The van der Waals surface area contributed by atoms with Crippen molar-refractivity contribution < 1.29 is 13.5 Å². The quantitative estimate of drug-likeness (QED) is 0.557. The molecule has 0 unspecified atom stereocenters. The molecule has 0 saturated carbocycles. The van der Waals surface area contributed by atoms with Gasteiger partial charge in [0, 0.05) is 18.1 Å². The lowest BCUT2D eigenvalue weighted by Gasteiger charge is -1.99. The molecule has 1 nitrogen and oxygen atoms in total. The maximum Gasteiger partial charge on any atom is 0.168 e. The number of fused-ring (bicyclic) bond motifs is 1. The molecule has 0 bridgehead atoms. The maximum absolute atomic E-state index is 12.8. The molecule has 0 N–H and O–H groups in total. The Balaban J connectivity index is 2.60. The fraction of sp³-hybridized carbons (Fsp3) is 0.250. The Labute approximate surface area is 62.6 Å².